The van der Waals surface area contributed by atoms with Gasteiger partial charge in [0.1, 0.15) is 23.3 Å². The topological polar surface area (TPSA) is 73.4 Å². The molecule has 1 fully saturated rings. The number of carbonyl (C=O) groups is 2. The first kappa shape index (κ1) is 21.4. The summed E-state index contributed by atoms with van der Waals surface area (Å²) in [4.78, 5) is 25.0. The number of phenolic OH excluding ortho intramolecular Hbond substituents is 1. The standard InChI is InChI=1S/C18H17ClF4N2O4/c1-17(7-29-17)5-9-15(11(20)3-10(19)16(9)28)25-8-24(2)14(18(21,22)23)4-12(25)13(27)6-26/h3-4,6,12,28H,5,7-8H2,1-2H3. The fourth-order valence-electron chi connectivity index (χ4n) is 3.31. The molecule has 0 bridgehead atoms. The molecule has 3 rings (SSSR count). The Kier molecular flexibility index (Phi) is 5.29. The second kappa shape index (κ2) is 7.17. The van der Waals surface area contributed by atoms with Crippen molar-refractivity contribution in [3.63, 3.8) is 0 Å². The highest BCUT2D eigenvalue weighted by Crippen LogP contribution is 2.44. The lowest BCUT2D eigenvalue weighted by Gasteiger charge is -2.41. The van der Waals surface area contributed by atoms with Crippen LogP contribution in [0.2, 0.25) is 5.02 Å². The van der Waals surface area contributed by atoms with Gasteiger partial charge in [-0.2, -0.15) is 13.2 Å². The predicted octanol–water partition coefficient (Wildman–Crippen LogP) is 2.81. The van der Waals surface area contributed by atoms with Crippen molar-refractivity contribution in [3.05, 3.63) is 34.2 Å². The van der Waals surface area contributed by atoms with Gasteiger partial charge in [-0.15, -0.1) is 0 Å². The van der Waals surface area contributed by atoms with E-state index in [1.54, 1.807) is 6.92 Å². The second-order valence-corrected chi connectivity index (χ2v) is 7.66. The molecule has 1 aromatic carbocycles. The number of phenols is 1. The van der Waals surface area contributed by atoms with E-state index in [2.05, 4.69) is 0 Å². The Morgan fingerprint density at radius 3 is 2.62 bits per heavy atom. The Bertz CT molecular complexity index is 899. The molecule has 0 aromatic heterocycles. The summed E-state index contributed by atoms with van der Waals surface area (Å²) in [5, 5.41) is 10.1. The summed E-state index contributed by atoms with van der Waals surface area (Å²) in [7, 11) is 1.12. The molecule has 0 saturated carbocycles. The molecule has 2 unspecified atom stereocenters. The molecule has 0 amide bonds. The molecule has 2 aliphatic heterocycles. The molecular formula is C18H17ClF4N2O4. The Morgan fingerprint density at radius 2 is 2.10 bits per heavy atom. The van der Waals surface area contributed by atoms with E-state index in [1.165, 1.54) is 0 Å². The average Bonchev–Trinajstić information content (AvgIpc) is 3.34. The Morgan fingerprint density at radius 1 is 1.48 bits per heavy atom. The largest absolute Gasteiger partial charge is 0.506 e. The number of hydrogen-bond donors (Lipinski definition) is 1. The van der Waals surface area contributed by atoms with E-state index in [-0.39, 0.29) is 29.0 Å². The Balaban J connectivity index is 2.18. The summed E-state index contributed by atoms with van der Waals surface area (Å²) in [6.07, 6.45) is -4.33. The van der Waals surface area contributed by atoms with E-state index in [9.17, 15) is 32.3 Å². The van der Waals surface area contributed by atoms with Crippen molar-refractivity contribution in [2.45, 2.75) is 31.2 Å². The number of ketones is 1. The molecule has 1 saturated heterocycles. The number of ether oxygens (including phenoxy) is 1. The van der Waals surface area contributed by atoms with Gasteiger partial charge < -0.3 is 19.6 Å². The van der Waals surface area contributed by atoms with Gasteiger partial charge in [-0.25, -0.2) is 4.39 Å². The van der Waals surface area contributed by atoms with Gasteiger partial charge in [-0.3, -0.25) is 9.59 Å². The van der Waals surface area contributed by atoms with Crippen LogP contribution in [-0.2, 0) is 20.7 Å². The molecule has 1 aromatic rings. The number of allylic oxidation sites excluding steroid dienone is 1. The maximum Gasteiger partial charge on any atom is 0.430 e. The molecule has 2 atom stereocenters. The van der Waals surface area contributed by atoms with Crippen LogP contribution in [0.25, 0.3) is 0 Å². The Hall–Kier alpha value is -2.33. The summed E-state index contributed by atoms with van der Waals surface area (Å²) in [5.41, 5.74) is -2.17. The van der Waals surface area contributed by atoms with Gasteiger partial charge in [0.15, 0.2) is 6.29 Å². The number of Topliss-reactive ketones (excluding diaryl/α,β-unsaturated/α-hetero) is 1. The summed E-state index contributed by atoms with van der Waals surface area (Å²) in [6.45, 7) is 1.47. The smallest absolute Gasteiger partial charge is 0.430 e. The highest BCUT2D eigenvalue weighted by molar-refractivity contribution is 6.32. The number of hydrogen-bond acceptors (Lipinski definition) is 6. The molecule has 0 aliphatic carbocycles. The number of rotatable bonds is 5. The summed E-state index contributed by atoms with van der Waals surface area (Å²) < 4.78 is 60.1. The van der Waals surface area contributed by atoms with E-state index in [4.69, 9.17) is 16.3 Å². The minimum absolute atomic E-state index is 0.00367. The molecule has 11 heteroatoms. The van der Waals surface area contributed by atoms with Crippen molar-refractivity contribution in [1.82, 2.24) is 4.90 Å². The fourth-order valence-corrected chi connectivity index (χ4v) is 3.52. The number of anilines is 1. The van der Waals surface area contributed by atoms with Gasteiger partial charge >= 0.3 is 6.18 Å². The van der Waals surface area contributed by atoms with E-state index in [0.29, 0.717) is 12.7 Å². The van der Waals surface area contributed by atoms with Gasteiger partial charge in [0.05, 0.1) is 29.6 Å². The molecule has 29 heavy (non-hydrogen) atoms. The lowest BCUT2D eigenvalue weighted by atomic mass is 9.96. The fraction of sp³-hybridized carbons (Fsp3) is 0.444. The highest BCUT2D eigenvalue weighted by Gasteiger charge is 2.45. The number of benzene rings is 1. The third-order valence-corrected chi connectivity index (χ3v) is 5.17. The van der Waals surface area contributed by atoms with Gasteiger partial charge in [-0.1, -0.05) is 11.6 Å². The first-order chi connectivity index (χ1) is 13.4. The van der Waals surface area contributed by atoms with Crippen LogP contribution < -0.4 is 4.90 Å². The van der Waals surface area contributed by atoms with Crippen molar-refractivity contribution in [1.29, 1.82) is 0 Å². The van der Waals surface area contributed by atoms with E-state index in [0.717, 1.165) is 22.9 Å². The van der Waals surface area contributed by atoms with Crippen LogP contribution in [-0.4, -0.2) is 60.2 Å². The number of epoxide rings is 1. The normalized spacial score (nSPS) is 24.4. The highest BCUT2D eigenvalue weighted by atomic mass is 35.5. The zero-order valence-corrected chi connectivity index (χ0v) is 16.1. The summed E-state index contributed by atoms with van der Waals surface area (Å²) in [6, 6.07) is -0.904. The van der Waals surface area contributed by atoms with Crippen molar-refractivity contribution >= 4 is 29.4 Å². The van der Waals surface area contributed by atoms with Crippen LogP contribution in [0.1, 0.15) is 12.5 Å². The molecule has 0 radical (unpaired) electrons. The van der Waals surface area contributed by atoms with Crippen molar-refractivity contribution in [2.24, 2.45) is 0 Å². The number of aromatic hydroxyl groups is 1. The lowest BCUT2D eigenvalue weighted by Crippen LogP contribution is -2.52. The third-order valence-electron chi connectivity index (χ3n) is 4.88. The van der Waals surface area contributed by atoms with Crippen molar-refractivity contribution in [3.8, 4) is 5.75 Å². The van der Waals surface area contributed by atoms with Gasteiger partial charge in [-0.05, 0) is 19.1 Å². The number of halogens is 5. The van der Waals surface area contributed by atoms with Crippen LogP contribution in [0.4, 0.5) is 23.2 Å². The van der Waals surface area contributed by atoms with Crippen LogP contribution in [0, 0.1) is 5.82 Å². The van der Waals surface area contributed by atoms with Gasteiger partial charge in [0.2, 0.25) is 5.78 Å². The minimum Gasteiger partial charge on any atom is -0.506 e. The molecular weight excluding hydrogens is 420 g/mol. The van der Waals surface area contributed by atoms with Crippen LogP contribution in [0.15, 0.2) is 17.8 Å². The van der Waals surface area contributed by atoms with E-state index < -0.39 is 47.5 Å². The van der Waals surface area contributed by atoms with Crippen LogP contribution >= 0.6 is 11.6 Å². The van der Waals surface area contributed by atoms with Crippen molar-refractivity contribution in [2.75, 3.05) is 25.2 Å². The lowest BCUT2D eigenvalue weighted by molar-refractivity contribution is -0.131. The third kappa shape index (κ3) is 4.04. The molecule has 2 aliphatic rings. The zero-order chi connectivity index (χ0) is 21.7. The van der Waals surface area contributed by atoms with E-state index >= 15 is 0 Å². The monoisotopic (exact) mass is 436 g/mol. The molecule has 1 N–H and O–H groups in total. The quantitative estimate of drug-likeness (QED) is 0.331. The van der Waals surface area contributed by atoms with Gasteiger partial charge in [0.25, 0.3) is 0 Å². The minimum atomic E-state index is -4.78. The second-order valence-electron chi connectivity index (χ2n) is 7.26. The predicted molar refractivity (Wildman–Crippen MR) is 95.2 cm³/mol. The first-order valence-electron chi connectivity index (χ1n) is 8.47. The number of alkyl halides is 3. The maximum absolute atomic E-state index is 14.9. The number of nitrogens with zero attached hydrogens (tertiary/aromatic N) is 2. The average molecular weight is 437 g/mol. The molecule has 6 nitrogen and oxygen atoms in total. The first-order valence-corrected chi connectivity index (χ1v) is 8.85. The summed E-state index contributed by atoms with van der Waals surface area (Å²) in [5.74, 6) is -2.60. The van der Waals surface area contributed by atoms with E-state index in [1.807, 2.05) is 0 Å². The molecule has 0 spiro atoms. The molecule has 2 heterocycles. The van der Waals surface area contributed by atoms with Gasteiger partial charge in [0, 0.05) is 19.0 Å². The van der Waals surface area contributed by atoms with Crippen LogP contribution in [0.3, 0.4) is 0 Å². The zero-order valence-electron chi connectivity index (χ0n) is 15.4. The Labute approximate surface area is 168 Å². The SMILES string of the molecule is CN1CN(c2c(F)cc(Cl)c(O)c2CC2(C)CO2)C(C(=O)C=O)C=C1C(F)(F)F. The molecule has 158 valence electrons. The number of carbonyl (C=O) groups excluding carboxylic acids is 2. The van der Waals surface area contributed by atoms with Crippen molar-refractivity contribution < 1.29 is 37.0 Å². The maximum atomic E-state index is 14.9. The number of aldehydes is 1. The van der Waals surface area contributed by atoms with Crippen LogP contribution in [0.5, 0.6) is 5.75 Å². The summed E-state index contributed by atoms with van der Waals surface area (Å²) >= 11 is 5.87.